The Labute approximate surface area is 33.4 Å². The molecule has 0 amide bonds. The van der Waals surface area contributed by atoms with Gasteiger partial charge < -0.3 is 5.48 Å². The van der Waals surface area contributed by atoms with Gasteiger partial charge in [0.2, 0.25) is 0 Å². The van der Waals surface area contributed by atoms with Gasteiger partial charge in [-0.2, -0.15) is 0 Å². The van der Waals surface area contributed by atoms with E-state index < -0.39 is 19.1 Å². The molecule has 0 rings (SSSR count). The molecule has 0 aliphatic heterocycles. The van der Waals surface area contributed by atoms with Crippen molar-refractivity contribution in [1.29, 1.82) is 0 Å². The van der Waals surface area contributed by atoms with Crippen molar-refractivity contribution in [2.24, 2.45) is 0 Å². The number of rotatable bonds is 0. The quantitative estimate of drug-likeness (QED) is 0.367. The fourth-order valence-electron chi connectivity index (χ4n) is 0. The predicted molar refractivity (Wildman–Crippen MR) is 6.10 cm³/mol. The SMILES string of the molecule is O.[H+].[O]=[Ti]=[O]. The van der Waals surface area contributed by atoms with Gasteiger partial charge in [-0.05, 0) is 0 Å². The molecule has 0 saturated carbocycles. The van der Waals surface area contributed by atoms with E-state index in [1.165, 1.54) is 0 Å². The molecule has 0 heterocycles. The molecule has 0 radical (unpaired) electrons. The fourth-order valence-corrected chi connectivity index (χ4v) is 0. The van der Waals surface area contributed by atoms with Crippen LogP contribution >= 0.6 is 0 Å². The van der Waals surface area contributed by atoms with Crippen LogP contribution in [0.15, 0.2) is 0 Å². The monoisotopic (exact) mass is 99.0 g/mol. The molecule has 4 heteroatoms. The third-order valence-corrected chi connectivity index (χ3v) is 0. The van der Waals surface area contributed by atoms with Gasteiger partial charge in [0.25, 0.3) is 0 Å². The molecule has 0 bridgehead atoms. The van der Waals surface area contributed by atoms with Crippen LogP contribution in [0.3, 0.4) is 0 Å². The number of hydrogen-bond donors (Lipinski definition) is 0. The van der Waals surface area contributed by atoms with Crippen LogP contribution in [0.4, 0.5) is 0 Å². The average Bonchev–Trinajstić information content (AvgIpc) is 0.918. The van der Waals surface area contributed by atoms with E-state index in [2.05, 4.69) is 0 Å². The zero-order valence-corrected chi connectivity index (χ0v) is 3.38. The summed E-state index contributed by atoms with van der Waals surface area (Å²) in [6.07, 6.45) is 0. The first-order valence-corrected chi connectivity index (χ1v) is 1.68. The Morgan fingerprint density at radius 2 is 1.50 bits per heavy atom. The van der Waals surface area contributed by atoms with Gasteiger partial charge >= 0.3 is 27.2 Å². The summed E-state index contributed by atoms with van der Waals surface area (Å²) >= 11 is -2.00. The maximum absolute atomic E-state index is 8.50. The zero-order chi connectivity index (χ0) is 2.71. The minimum absolute atomic E-state index is 0. The molecule has 3 nitrogen and oxygen atoms in total. The van der Waals surface area contributed by atoms with Crippen molar-refractivity contribution in [2.45, 2.75) is 0 Å². The van der Waals surface area contributed by atoms with Crippen molar-refractivity contribution in [3.63, 3.8) is 0 Å². The molecule has 0 aliphatic rings. The molecule has 0 fully saturated rings. The van der Waals surface area contributed by atoms with Crippen molar-refractivity contribution in [2.75, 3.05) is 0 Å². The van der Waals surface area contributed by atoms with E-state index in [0.29, 0.717) is 0 Å². The van der Waals surface area contributed by atoms with Gasteiger partial charge in [0, 0.05) is 0 Å². The molecule has 0 aromatic heterocycles. The van der Waals surface area contributed by atoms with Crippen LogP contribution in [0.25, 0.3) is 0 Å². The molecule has 24 valence electrons. The van der Waals surface area contributed by atoms with Crippen molar-refractivity contribution in [3.8, 4) is 0 Å². The van der Waals surface area contributed by atoms with Gasteiger partial charge in [-0.3, -0.25) is 0 Å². The minimum atomic E-state index is -2.00. The summed E-state index contributed by atoms with van der Waals surface area (Å²) in [5.74, 6) is 0. The van der Waals surface area contributed by atoms with E-state index in [1.54, 1.807) is 0 Å². The van der Waals surface area contributed by atoms with Crippen LogP contribution in [-0.2, 0) is 25.7 Å². The van der Waals surface area contributed by atoms with Crippen LogP contribution in [0.2, 0.25) is 0 Å². The molecule has 0 atom stereocenters. The Morgan fingerprint density at radius 1 is 1.50 bits per heavy atom. The van der Waals surface area contributed by atoms with Crippen molar-refractivity contribution >= 4 is 0 Å². The summed E-state index contributed by atoms with van der Waals surface area (Å²) < 4.78 is 17.0. The van der Waals surface area contributed by atoms with E-state index in [1.807, 2.05) is 0 Å². The first kappa shape index (κ1) is 8.86. The van der Waals surface area contributed by atoms with Crippen LogP contribution in [0.1, 0.15) is 1.43 Å². The second-order valence-corrected chi connectivity index (χ2v) is 0.344. The zero-order valence-electron chi connectivity index (χ0n) is 2.82. The second kappa shape index (κ2) is 10.4. The Bertz CT molecular complexity index is 27.9. The molecule has 0 spiro atoms. The van der Waals surface area contributed by atoms with Crippen molar-refractivity contribution in [3.05, 3.63) is 0 Å². The van der Waals surface area contributed by atoms with Gasteiger partial charge in [0.05, 0.1) is 0 Å². The third kappa shape index (κ3) is 49.1. The van der Waals surface area contributed by atoms with Crippen LogP contribution in [0.5, 0.6) is 0 Å². The molecular formula is H3O3Ti+. The van der Waals surface area contributed by atoms with E-state index in [4.69, 9.17) is 6.65 Å². The van der Waals surface area contributed by atoms with Gasteiger partial charge in [0.15, 0.2) is 0 Å². The van der Waals surface area contributed by atoms with E-state index in [0.717, 1.165) is 0 Å². The summed E-state index contributed by atoms with van der Waals surface area (Å²) in [4.78, 5) is 0. The molecule has 2 N–H and O–H groups in total. The van der Waals surface area contributed by atoms with Gasteiger partial charge in [0.1, 0.15) is 0 Å². The first-order chi connectivity index (χ1) is 1.41. The maximum atomic E-state index is 8.50. The van der Waals surface area contributed by atoms with Crippen molar-refractivity contribution < 1.29 is 32.6 Å². The van der Waals surface area contributed by atoms with Crippen molar-refractivity contribution in [1.82, 2.24) is 0 Å². The number of hydrogen-bond acceptors (Lipinski definition) is 2. The summed E-state index contributed by atoms with van der Waals surface area (Å²) in [6.45, 7) is 0. The van der Waals surface area contributed by atoms with E-state index in [-0.39, 0.29) is 6.90 Å². The normalized spacial score (nSPS) is 2.00. The van der Waals surface area contributed by atoms with E-state index >= 15 is 0 Å². The first-order valence-electron chi connectivity index (χ1n) is 0.408. The van der Waals surface area contributed by atoms with Gasteiger partial charge in [-0.25, -0.2) is 0 Å². The molecule has 0 aromatic carbocycles. The van der Waals surface area contributed by atoms with Crippen LogP contribution < -0.4 is 0 Å². The predicted octanol–water partition coefficient (Wildman–Crippen LogP) is -0.952. The Kier molecular flexibility index (Phi) is 23.1. The Hall–Kier alpha value is 0.274. The molecule has 0 saturated heterocycles. The average molecular weight is 98.9 g/mol. The van der Waals surface area contributed by atoms with Crippen LogP contribution in [0, 0.1) is 0 Å². The standard InChI is InChI=1S/H2O.2O.Ti/h1H2;;;/p+1. The molecule has 0 aliphatic carbocycles. The molecular weight excluding hydrogens is 95.9 g/mol. The van der Waals surface area contributed by atoms with E-state index in [9.17, 15) is 0 Å². The summed E-state index contributed by atoms with van der Waals surface area (Å²) in [5, 5.41) is 0. The Balaban J connectivity index is -0.0000000200. The summed E-state index contributed by atoms with van der Waals surface area (Å²) in [7, 11) is 0. The summed E-state index contributed by atoms with van der Waals surface area (Å²) in [6, 6.07) is 0. The molecule has 0 unspecified atom stereocenters. The second-order valence-electron chi connectivity index (χ2n) is 0.0833. The third-order valence-electron chi connectivity index (χ3n) is 0. The van der Waals surface area contributed by atoms with Gasteiger partial charge in [-0.1, -0.05) is 0 Å². The fraction of sp³-hybridized carbons (Fsp3) is 0. The Morgan fingerprint density at radius 3 is 1.50 bits per heavy atom. The summed E-state index contributed by atoms with van der Waals surface area (Å²) in [5.41, 5.74) is 0. The topological polar surface area (TPSA) is 65.6 Å². The van der Waals surface area contributed by atoms with Crippen LogP contribution in [-0.4, -0.2) is 5.48 Å². The molecule has 4 heavy (non-hydrogen) atoms. The van der Waals surface area contributed by atoms with Gasteiger partial charge in [-0.15, -0.1) is 0 Å². The molecule has 0 aromatic rings.